The van der Waals surface area contributed by atoms with Crippen LogP contribution in [0.3, 0.4) is 0 Å². The molecule has 1 fully saturated rings. The van der Waals surface area contributed by atoms with Crippen LogP contribution in [0.5, 0.6) is 0 Å². The molecule has 0 saturated carbocycles. The number of carboxylic acids is 1. The third kappa shape index (κ3) is 2.51. The number of piperidine rings is 1. The molecule has 7 heteroatoms. The van der Waals surface area contributed by atoms with Crippen LogP contribution in [-0.2, 0) is 14.8 Å². The first kappa shape index (κ1) is 12.9. The molecule has 1 N–H and O–H groups in total. The normalized spacial score (nSPS) is 24.6. The number of hydrogen-bond donors (Lipinski definition) is 1. The fourth-order valence-corrected chi connectivity index (χ4v) is 3.02. The van der Waals surface area contributed by atoms with Gasteiger partial charge in [-0.2, -0.15) is 9.57 Å². The van der Waals surface area contributed by atoms with Crippen LogP contribution in [-0.4, -0.2) is 42.1 Å². The van der Waals surface area contributed by atoms with Crippen molar-refractivity contribution in [3.63, 3.8) is 0 Å². The molecule has 6 nitrogen and oxygen atoms in total. The first-order valence-corrected chi connectivity index (χ1v) is 6.51. The predicted molar refractivity (Wildman–Crippen MR) is 55.9 cm³/mol. The largest absolute Gasteiger partial charge is 0.481 e. The van der Waals surface area contributed by atoms with Crippen molar-refractivity contribution in [1.82, 2.24) is 4.31 Å². The van der Waals surface area contributed by atoms with E-state index >= 15 is 0 Å². The number of aliphatic carboxylic acids is 1. The number of sulfonamides is 1. The van der Waals surface area contributed by atoms with Crippen molar-refractivity contribution >= 4 is 16.0 Å². The maximum atomic E-state index is 11.8. The highest BCUT2D eigenvalue weighted by Crippen LogP contribution is 2.21. The maximum Gasteiger partial charge on any atom is 0.307 e. The maximum absolute atomic E-state index is 11.8. The molecule has 0 aromatic rings. The highest BCUT2D eigenvalue weighted by molar-refractivity contribution is 7.89. The lowest BCUT2D eigenvalue weighted by molar-refractivity contribution is -0.142. The number of nitriles is 1. The van der Waals surface area contributed by atoms with Crippen molar-refractivity contribution in [1.29, 1.82) is 5.26 Å². The number of carbonyl (C=O) groups is 1. The van der Waals surface area contributed by atoms with E-state index in [0.717, 1.165) is 4.31 Å². The van der Waals surface area contributed by atoms with Crippen LogP contribution in [0, 0.1) is 17.2 Å². The molecule has 1 aliphatic heterocycles. The smallest absolute Gasteiger partial charge is 0.307 e. The summed E-state index contributed by atoms with van der Waals surface area (Å²) in [6.45, 7) is 1.58. The van der Waals surface area contributed by atoms with Gasteiger partial charge in [0.05, 0.1) is 12.0 Å². The van der Waals surface area contributed by atoms with Crippen LogP contribution in [0.25, 0.3) is 0 Å². The second kappa shape index (κ2) is 4.80. The first-order chi connectivity index (χ1) is 7.39. The quantitative estimate of drug-likeness (QED) is 0.757. The zero-order valence-electron chi connectivity index (χ0n) is 8.96. The fourth-order valence-electron chi connectivity index (χ4n) is 1.67. The lowest BCUT2D eigenvalue weighted by atomic mass is 10.0. The average molecular weight is 246 g/mol. The molecule has 1 unspecified atom stereocenters. The van der Waals surface area contributed by atoms with Gasteiger partial charge in [-0.3, -0.25) is 4.79 Å². The Hall–Kier alpha value is -1.13. The van der Waals surface area contributed by atoms with Crippen LogP contribution < -0.4 is 0 Å². The molecule has 1 saturated heterocycles. The second-order valence-corrected chi connectivity index (χ2v) is 6.11. The zero-order chi connectivity index (χ0) is 12.3. The summed E-state index contributed by atoms with van der Waals surface area (Å²) in [5, 5.41) is 16.3. The van der Waals surface area contributed by atoms with E-state index in [1.54, 1.807) is 6.07 Å². The summed E-state index contributed by atoms with van der Waals surface area (Å²) in [4.78, 5) is 10.8. The van der Waals surface area contributed by atoms with E-state index in [1.807, 2.05) is 0 Å². The van der Waals surface area contributed by atoms with Gasteiger partial charge in [0.1, 0.15) is 0 Å². The van der Waals surface area contributed by atoms with Gasteiger partial charge in [-0.05, 0) is 19.8 Å². The van der Waals surface area contributed by atoms with Crippen LogP contribution in [0.15, 0.2) is 0 Å². The third-order valence-corrected chi connectivity index (χ3v) is 4.77. The number of rotatable bonds is 3. The number of carboxylic acid groups (broad SMARTS) is 1. The Balaban J connectivity index is 2.83. The van der Waals surface area contributed by atoms with E-state index in [-0.39, 0.29) is 6.54 Å². The molecular weight excluding hydrogens is 232 g/mol. The van der Waals surface area contributed by atoms with Gasteiger partial charge < -0.3 is 5.11 Å². The summed E-state index contributed by atoms with van der Waals surface area (Å²) in [5.74, 6) is -1.64. The lowest BCUT2D eigenvalue weighted by Crippen LogP contribution is -2.45. The highest BCUT2D eigenvalue weighted by Gasteiger charge is 2.35. The summed E-state index contributed by atoms with van der Waals surface area (Å²) in [5.41, 5.74) is 0. The Morgan fingerprint density at radius 1 is 1.62 bits per heavy atom. The van der Waals surface area contributed by atoms with E-state index in [1.165, 1.54) is 6.92 Å². The van der Waals surface area contributed by atoms with Gasteiger partial charge in [0.15, 0.2) is 5.25 Å². The van der Waals surface area contributed by atoms with Gasteiger partial charge >= 0.3 is 5.97 Å². The molecule has 0 amide bonds. The van der Waals surface area contributed by atoms with Crippen molar-refractivity contribution in [2.75, 3.05) is 13.1 Å². The molecule has 1 heterocycles. The summed E-state index contributed by atoms with van der Waals surface area (Å²) in [6, 6.07) is 1.67. The molecule has 0 aliphatic carbocycles. The van der Waals surface area contributed by atoms with Crippen LogP contribution >= 0.6 is 0 Å². The van der Waals surface area contributed by atoms with Crippen LogP contribution in [0.1, 0.15) is 19.8 Å². The minimum Gasteiger partial charge on any atom is -0.481 e. The lowest BCUT2D eigenvalue weighted by Gasteiger charge is -2.30. The number of nitrogens with zero attached hydrogens (tertiary/aromatic N) is 2. The SMILES string of the molecule is CC(C#N)S(=O)(=O)N1CCC[C@H](C(=O)O)C1. The minimum absolute atomic E-state index is 0.0241. The predicted octanol–water partition coefficient (Wildman–Crippen LogP) is 0.0249. The van der Waals surface area contributed by atoms with Crippen LogP contribution in [0.4, 0.5) is 0 Å². The molecule has 2 atom stereocenters. The van der Waals surface area contributed by atoms with Crippen molar-refractivity contribution in [2.24, 2.45) is 5.92 Å². The summed E-state index contributed by atoms with van der Waals surface area (Å²) < 4.78 is 24.7. The zero-order valence-corrected chi connectivity index (χ0v) is 9.77. The summed E-state index contributed by atoms with van der Waals surface area (Å²) in [7, 11) is -3.67. The van der Waals surface area contributed by atoms with E-state index < -0.39 is 27.2 Å². The standard InChI is InChI=1S/C9H14N2O4S/c1-7(5-10)16(14,15)11-4-2-3-8(6-11)9(12)13/h7-8H,2-4,6H2,1H3,(H,12,13)/t7?,8-/m0/s1. The Morgan fingerprint density at radius 2 is 2.25 bits per heavy atom. The molecule has 0 aromatic heterocycles. The molecule has 16 heavy (non-hydrogen) atoms. The van der Waals surface area contributed by atoms with Crippen LogP contribution in [0.2, 0.25) is 0 Å². The Bertz CT molecular complexity index is 412. The van der Waals surface area contributed by atoms with Crippen molar-refractivity contribution < 1.29 is 18.3 Å². The molecule has 1 aliphatic rings. The van der Waals surface area contributed by atoms with Gasteiger partial charge in [0, 0.05) is 13.1 Å². The van der Waals surface area contributed by atoms with Gasteiger partial charge in [-0.25, -0.2) is 8.42 Å². The van der Waals surface area contributed by atoms with E-state index in [2.05, 4.69) is 0 Å². The summed E-state index contributed by atoms with van der Waals surface area (Å²) >= 11 is 0. The topological polar surface area (TPSA) is 98.5 Å². The van der Waals surface area contributed by atoms with E-state index in [9.17, 15) is 13.2 Å². The van der Waals surface area contributed by atoms with E-state index in [0.29, 0.717) is 19.4 Å². The molecule has 1 rings (SSSR count). The molecule has 0 bridgehead atoms. The fraction of sp³-hybridized carbons (Fsp3) is 0.778. The molecule has 90 valence electrons. The third-order valence-electron chi connectivity index (χ3n) is 2.72. The second-order valence-electron chi connectivity index (χ2n) is 3.85. The minimum atomic E-state index is -3.67. The Labute approximate surface area is 94.5 Å². The van der Waals surface area contributed by atoms with Crippen molar-refractivity contribution in [2.45, 2.75) is 25.0 Å². The van der Waals surface area contributed by atoms with Crippen molar-refractivity contribution in [3.05, 3.63) is 0 Å². The molecular formula is C9H14N2O4S. The Morgan fingerprint density at radius 3 is 2.75 bits per heavy atom. The number of hydrogen-bond acceptors (Lipinski definition) is 4. The molecule has 0 spiro atoms. The average Bonchev–Trinajstić information content (AvgIpc) is 2.28. The first-order valence-electron chi connectivity index (χ1n) is 5.01. The monoisotopic (exact) mass is 246 g/mol. The summed E-state index contributed by atoms with van der Waals surface area (Å²) in [6.07, 6.45) is 1.01. The van der Waals surface area contributed by atoms with Gasteiger partial charge in [-0.1, -0.05) is 0 Å². The van der Waals surface area contributed by atoms with Gasteiger partial charge in [0.25, 0.3) is 0 Å². The van der Waals surface area contributed by atoms with Gasteiger partial charge in [0.2, 0.25) is 10.0 Å². The van der Waals surface area contributed by atoms with Crippen molar-refractivity contribution in [3.8, 4) is 6.07 Å². The highest BCUT2D eigenvalue weighted by atomic mass is 32.2. The molecule has 0 aromatic carbocycles. The van der Waals surface area contributed by atoms with Gasteiger partial charge in [-0.15, -0.1) is 0 Å². The van der Waals surface area contributed by atoms with E-state index in [4.69, 9.17) is 10.4 Å². The molecule has 0 radical (unpaired) electrons. The Kier molecular flexibility index (Phi) is 3.88.